The summed E-state index contributed by atoms with van der Waals surface area (Å²) in [5, 5.41) is 13.8. The van der Waals surface area contributed by atoms with E-state index in [0.29, 0.717) is 17.4 Å². The van der Waals surface area contributed by atoms with Gasteiger partial charge in [-0.05, 0) is 96.3 Å². The van der Waals surface area contributed by atoms with Crippen molar-refractivity contribution in [2.45, 2.75) is 219 Å². The van der Waals surface area contributed by atoms with Gasteiger partial charge in [-0.2, -0.15) is 0 Å². The Morgan fingerprint density at radius 1 is 0.514 bits per heavy atom. The molecule has 3 atom stereocenters. The van der Waals surface area contributed by atoms with Crippen LogP contribution in [0.1, 0.15) is 206 Å². The molecule has 1 amide bonds. The minimum atomic E-state index is -4.60. The summed E-state index contributed by atoms with van der Waals surface area (Å²) >= 11 is 0. The Labute approximate surface area is 431 Å². The van der Waals surface area contributed by atoms with Crippen molar-refractivity contribution in [2.24, 2.45) is 0 Å². The molecule has 9 heteroatoms. The van der Waals surface area contributed by atoms with Crippen LogP contribution in [0.5, 0.6) is 0 Å². The lowest BCUT2D eigenvalue weighted by Crippen LogP contribution is -2.45. The van der Waals surface area contributed by atoms with E-state index in [1.54, 1.807) is 6.08 Å². The van der Waals surface area contributed by atoms with Gasteiger partial charge in [0, 0.05) is 6.42 Å². The fourth-order valence-electron chi connectivity index (χ4n) is 7.30. The molecule has 3 unspecified atom stereocenters. The Kier molecular flexibility index (Phi) is 48.6. The minimum Gasteiger partial charge on any atom is -0.756 e. The first-order valence-corrected chi connectivity index (χ1v) is 29.4. The van der Waals surface area contributed by atoms with Gasteiger partial charge in [-0.25, -0.2) is 0 Å². The molecular weight excluding hydrogens is 888 g/mol. The van der Waals surface area contributed by atoms with E-state index in [-0.39, 0.29) is 12.5 Å². The quantitative estimate of drug-likeness (QED) is 0.0272. The highest BCUT2D eigenvalue weighted by Gasteiger charge is 2.23. The van der Waals surface area contributed by atoms with Crippen LogP contribution in [-0.4, -0.2) is 68.5 Å². The van der Waals surface area contributed by atoms with Gasteiger partial charge in [-0.1, -0.05) is 225 Å². The molecule has 2 N–H and O–H groups in total. The number of hydrogen-bond acceptors (Lipinski definition) is 6. The third kappa shape index (κ3) is 52.7. The number of nitrogens with one attached hydrogen (secondary N) is 1. The van der Waals surface area contributed by atoms with Crippen molar-refractivity contribution in [3.05, 3.63) is 122 Å². The number of hydrogen-bond donors (Lipinski definition) is 2. The fraction of sp³-hybridized carbons (Fsp3) is 0.656. The topological polar surface area (TPSA) is 108 Å². The minimum absolute atomic E-state index is 0.0121. The molecule has 0 aliphatic rings. The van der Waals surface area contributed by atoms with Crippen LogP contribution in [0.25, 0.3) is 0 Å². The highest BCUT2D eigenvalue weighted by Crippen LogP contribution is 2.38. The summed E-state index contributed by atoms with van der Waals surface area (Å²) in [5.41, 5.74) is 0. The average Bonchev–Trinajstić information content (AvgIpc) is 3.32. The zero-order chi connectivity index (χ0) is 51.3. The van der Waals surface area contributed by atoms with Gasteiger partial charge in [0.15, 0.2) is 0 Å². The van der Waals surface area contributed by atoms with Gasteiger partial charge >= 0.3 is 0 Å². The number of aliphatic hydroxyl groups is 1. The molecule has 0 bridgehead atoms. The smallest absolute Gasteiger partial charge is 0.268 e. The molecule has 0 spiro atoms. The summed E-state index contributed by atoms with van der Waals surface area (Å²) in [6, 6.07) is -0.910. The van der Waals surface area contributed by atoms with E-state index in [2.05, 4.69) is 129 Å². The first-order valence-electron chi connectivity index (χ1n) is 27.9. The van der Waals surface area contributed by atoms with Crippen LogP contribution >= 0.6 is 7.82 Å². The third-order valence-electron chi connectivity index (χ3n) is 11.7. The first-order chi connectivity index (χ1) is 34.0. The van der Waals surface area contributed by atoms with Crippen LogP contribution in [0.2, 0.25) is 0 Å². The van der Waals surface area contributed by atoms with E-state index in [1.807, 2.05) is 27.2 Å². The summed E-state index contributed by atoms with van der Waals surface area (Å²) in [6.07, 6.45) is 75.7. The van der Waals surface area contributed by atoms with Gasteiger partial charge in [0.05, 0.1) is 39.9 Å². The average molecular weight is 993 g/mol. The van der Waals surface area contributed by atoms with Crippen LogP contribution in [0, 0.1) is 0 Å². The van der Waals surface area contributed by atoms with Crippen LogP contribution in [0.4, 0.5) is 0 Å². The van der Waals surface area contributed by atoms with Crippen molar-refractivity contribution in [3.63, 3.8) is 0 Å². The number of phosphoric acid groups is 1. The molecule has 0 radical (unpaired) electrons. The molecule has 0 saturated carbocycles. The summed E-state index contributed by atoms with van der Waals surface area (Å²) < 4.78 is 23.2. The molecule has 0 heterocycles. The second kappa shape index (κ2) is 50.8. The highest BCUT2D eigenvalue weighted by molar-refractivity contribution is 7.45. The number of carbonyl (C=O) groups excluding carboxylic acids is 1. The second-order valence-corrected chi connectivity index (χ2v) is 21.0. The summed E-state index contributed by atoms with van der Waals surface area (Å²) in [7, 11) is 1.23. The monoisotopic (exact) mass is 993 g/mol. The molecule has 0 aromatic carbocycles. The second-order valence-electron chi connectivity index (χ2n) is 19.5. The molecule has 0 aliphatic carbocycles. The number of allylic oxidation sites excluding steroid dienone is 19. The summed E-state index contributed by atoms with van der Waals surface area (Å²) in [5.74, 6) is -0.216. The standard InChI is InChI=1S/C61H105N2O6P/c1-6-8-10-12-14-16-18-19-20-21-22-23-24-25-26-27-28-29-30-31-32-33-34-35-36-37-38-39-40-41-42-43-45-47-49-51-53-55-61(65)62-59(58-69-70(66,67)68-57-56-63(3,4)5)60(64)54-52-50-48-46-44-17-15-13-11-9-7-2/h8,10,14,16,19-20,22-23,25-26,28-29,31-32,34-35,44,46,52,54,59-60,64H,6-7,9,11-13,15,17-18,21,24,27,30,33,36-43,45,47-51,53,55-58H2,1-5H3,(H-,62,65,66,67)/b10-8-,16-14-,20-19-,23-22-,26-25-,29-28-,32-31-,35-34-,46-44+,54-52+. The number of nitrogens with zero attached hydrogens (tertiary/aromatic N) is 1. The number of aliphatic hydroxyl groups excluding tert-OH is 1. The van der Waals surface area contributed by atoms with Crippen molar-refractivity contribution in [1.29, 1.82) is 0 Å². The number of quaternary nitrogens is 1. The van der Waals surface area contributed by atoms with Gasteiger partial charge in [-0.15, -0.1) is 0 Å². The lowest BCUT2D eigenvalue weighted by atomic mass is 10.0. The van der Waals surface area contributed by atoms with Gasteiger partial charge in [-0.3, -0.25) is 9.36 Å². The molecule has 8 nitrogen and oxygen atoms in total. The van der Waals surface area contributed by atoms with Crippen LogP contribution in [0.3, 0.4) is 0 Å². The van der Waals surface area contributed by atoms with E-state index < -0.39 is 26.6 Å². The Morgan fingerprint density at radius 2 is 0.886 bits per heavy atom. The molecule has 0 fully saturated rings. The van der Waals surface area contributed by atoms with Crippen molar-refractivity contribution in [1.82, 2.24) is 5.32 Å². The van der Waals surface area contributed by atoms with Crippen molar-refractivity contribution in [3.8, 4) is 0 Å². The Balaban J connectivity index is 4.07. The zero-order valence-corrected chi connectivity index (χ0v) is 46.3. The number of unbranched alkanes of at least 4 members (excludes halogenated alkanes) is 18. The number of amides is 1. The molecule has 0 aromatic heterocycles. The molecule has 70 heavy (non-hydrogen) atoms. The van der Waals surface area contributed by atoms with Gasteiger partial charge in [0.25, 0.3) is 7.82 Å². The zero-order valence-electron chi connectivity index (χ0n) is 45.4. The number of likely N-dealkylation sites (N-methyl/N-ethyl adjacent to an activating group) is 1. The highest BCUT2D eigenvalue weighted by atomic mass is 31.2. The lowest BCUT2D eigenvalue weighted by molar-refractivity contribution is -0.870. The Bertz CT molecular complexity index is 1550. The largest absolute Gasteiger partial charge is 0.756 e. The normalized spacial score (nSPS) is 14.9. The number of phosphoric ester groups is 1. The fourth-order valence-corrected chi connectivity index (χ4v) is 8.02. The number of rotatable bonds is 49. The van der Waals surface area contributed by atoms with Crippen LogP contribution in [-0.2, 0) is 18.4 Å². The van der Waals surface area contributed by atoms with Crippen molar-refractivity contribution < 1.29 is 32.9 Å². The van der Waals surface area contributed by atoms with Crippen molar-refractivity contribution in [2.75, 3.05) is 40.9 Å². The predicted molar refractivity (Wildman–Crippen MR) is 302 cm³/mol. The maximum atomic E-state index is 12.9. The molecule has 0 aliphatic heterocycles. The SMILES string of the molecule is CC/C=C\C/C=C\C/C=C\C/C=C\C/C=C\C/C=C\C/C=C\C/C=C\CCCCCCCCCCCCCCC(=O)NC(COP(=O)([O-])OCC[N+](C)(C)C)C(O)/C=C/CC/C=C/CCCCCCC. The summed E-state index contributed by atoms with van der Waals surface area (Å²) in [4.78, 5) is 25.4. The Hall–Kier alpha value is -3.10. The molecule has 400 valence electrons. The first kappa shape index (κ1) is 66.9. The van der Waals surface area contributed by atoms with Crippen LogP contribution < -0.4 is 10.2 Å². The molecule has 0 rings (SSSR count). The van der Waals surface area contributed by atoms with E-state index in [1.165, 1.54) is 96.3 Å². The lowest BCUT2D eigenvalue weighted by Gasteiger charge is -2.29. The maximum Gasteiger partial charge on any atom is 0.268 e. The van der Waals surface area contributed by atoms with Gasteiger partial charge < -0.3 is 28.8 Å². The van der Waals surface area contributed by atoms with Gasteiger partial charge in [0.2, 0.25) is 5.91 Å². The van der Waals surface area contributed by atoms with Crippen LogP contribution in [0.15, 0.2) is 122 Å². The molecule has 0 aromatic rings. The van der Waals surface area contributed by atoms with E-state index in [9.17, 15) is 19.4 Å². The molecule has 0 saturated heterocycles. The predicted octanol–water partition coefficient (Wildman–Crippen LogP) is 16.3. The van der Waals surface area contributed by atoms with Crippen molar-refractivity contribution >= 4 is 13.7 Å². The van der Waals surface area contributed by atoms with E-state index in [0.717, 1.165) is 89.9 Å². The summed E-state index contributed by atoms with van der Waals surface area (Å²) in [6.45, 7) is 4.46. The Morgan fingerprint density at radius 3 is 1.33 bits per heavy atom. The van der Waals surface area contributed by atoms with E-state index in [4.69, 9.17) is 9.05 Å². The third-order valence-corrected chi connectivity index (χ3v) is 12.6. The maximum absolute atomic E-state index is 12.9. The number of carbonyl (C=O) groups is 1. The van der Waals surface area contributed by atoms with Gasteiger partial charge in [0.1, 0.15) is 13.2 Å². The van der Waals surface area contributed by atoms with E-state index >= 15 is 0 Å². The molecular formula is C61H105N2O6P.